The largest absolute Gasteiger partial charge is 0.346 e. The molecule has 2 N–H and O–H groups in total. The topological polar surface area (TPSA) is 59.0 Å². The molecule has 0 saturated carbocycles. The van der Waals surface area contributed by atoms with Crippen molar-refractivity contribution in [1.29, 1.82) is 0 Å². The quantitative estimate of drug-likeness (QED) is 0.881. The Bertz CT molecular complexity index is 468. The first-order valence-corrected chi connectivity index (χ1v) is 7.68. The minimum Gasteiger partial charge on any atom is -0.346 e. The summed E-state index contributed by atoms with van der Waals surface area (Å²) in [5.41, 5.74) is 1.65. The van der Waals surface area contributed by atoms with Gasteiger partial charge >= 0.3 is 0 Å². The molecule has 1 saturated heterocycles. The van der Waals surface area contributed by atoms with Gasteiger partial charge in [0.1, 0.15) is 5.69 Å². The molecule has 3 atom stereocenters. The normalized spacial score (nSPS) is 26.5. The van der Waals surface area contributed by atoms with E-state index in [-0.39, 0.29) is 11.9 Å². The summed E-state index contributed by atoms with van der Waals surface area (Å²) < 4.78 is 1.79. The number of piperidine rings is 1. The minimum atomic E-state index is -0.00717. The van der Waals surface area contributed by atoms with Crippen LogP contribution in [-0.4, -0.2) is 33.8 Å². The highest BCUT2D eigenvalue weighted by atomic mass is 16.2. The number of hydrogen-bond donors (Lipinski definition) is 2. The van der Waals surface area contributed by atoms with Crippen molar-refractivity contribution in [3.8, 4) is 0 Å². The summed E-state index contributed by atoms with van der Waals surface area (Å²) in [5.74, 6) is -0.00717. The molecular formula is C15H26N4O. The van der Waals surface area contributed by atoms with Crippen LogP contribution in [0, 0.1) is 0 Å². The number of carbonyl (C=O) groups is 1. The number of rotatable bonds is 4. The lowest BCUT2D eigenvalue weighted by molar-refractivity contribution is 0.0903. The molecule has 1 aliphatic heterocycles. The van der Waals surface area contributed by atoms with Gasteiger partial charge in [-0.05, 0) is 46.1 Å². The highest BCUT2D eigenvalue weighted by Crippen LogP contribution is 2.14. The Morgan fingerprint density at radius 1 is 1.45 bits per heavy atom. The Morgan fingerprint density at radius 2 is 2.20 bits per heavy atom. The fourth-order valence-corrected chi connectivity index (χ4v) is 2.83. The molecule has 1 amide bonds. The van der Waals surface area contributed by atoms with Gasteiger partial charge in [0.2, 0.25) is 0 Å². The fourth-order valence-electron chi connectivity index (χ4n) is 2.83. The molecule has 5 heteroatoms. The average Bonchev–Trinajstić information content (AvgIpc) is 2.85. The van der Waals surface area contributed by atoms with Crippen molar-refractivity contribution in [2.75, 3.05) is 0 Å². The van der Waals surface area contributed by atoms with Crippen molar-refractivity contribution in [1.82, 2.24) is 20.4 Å². The second kappa shape index (κ2) is 6.39. The van der Waals surface area contributed by atoms with E-state index in [0.29, 0.717) is 17.8 Å². The Morgan fingerprint density at radius 3 is 2.80 bits per heavy atom. The Hall–Kier alpha value is -1.36. The van der Waals surface area contributed by atoms with Crippen molar-refractivity contribution in [2.45, 2.75) is 71.6 Å². The standard InChI is InChI=1S/C15H26N4O/c1-5-12-9-14(19(6-2)18-12)15(20)17-13-8-7-10(3)16-11(13)4/h9-11,13,16H,5-8H2,1-4H3,(H,17,20). The van der Waals surface area contributed by atoms with Crippen LogP contribution in [0.1, 0.15) is 56.7 Å². The molecule has 0 aromatic carbocycles. The molecule has 5 nitrogen and oxygen atoms in total. The highest BCUT2D eigenvalue weighted by Gasteiger charge is 2.27. The summed E-state index contributed by atoms with van der Waals surface area (Å²) in [6.45, 7) is 9.11. The van der Waals surface area contributed by atoms with Crippen LogP contribution in [0.2, 0.25) is 0 Å². The number of hydrogen-bond acceptors (Lipinski definition) is 3. The number of nitrogens with zero attached hydrogens (tertiary/aromatic N) is 2. The number of aryl methyl sites for hydroxylation is 2. The summed E-state index contributed by atoms with van der Waals surface area (Å²) in [7, 11) is 0. The molecule has 1 aliphatic rings. The maximum absolute atomic E-state index is 12.4. The lowest BCUT2D eigenvalue weighted by Crippen LogP contribution is -2.54. The van der Waals surface area contributed by atoms with Crippen molar-refractivity contribution < 1.29 is 4.79 Å². The zero-order valence-corrected chi connectivity index (χ0v) is 12.9. The number of nitrogens with one attached hydrogen (secondary N) is 2. The van der Waals surface area contributed by atoms with E-state index in [1.807, 2.05) is 13.0 Å². The van der Waals surface area contributed by atoms with Crippen LogP contribution >= 0.6 is 0 Å². The fraction of sp³-hybridized carbons (Fsp3) is 0.733. The van der Waals surface area contributed by atoms with Crippen LogP contribution in [0.15, 0.2) is 6.07 Å². The SMILES string of the molecule is CCc1cc(C(=O)NC2CCC(C)NC2C)n(CC)n1. The molecule has 1 aromatic heterocycles. The predicted molar refractivity (Wildman–Crippen MR) is 79.8 cm³/mol. The van der Waals surface area contributed by atoms with Gasteiger partial charge in [0.25, 0.3) is 5.91 Å². The third-order valence-corrected chi connectivity index (χ3v) is 4.10. The van der Waals surface area contributed by atoms with Gasteiger partial charge in [-0.25, -0.2) is 0 Å². The van der Waals surface area contributed by atoms with E-state index in [4.69, 9.17) is 0 Å². The third kappa shape index (κ3) is 3.20. The van der Waals surface area contributed by atoms with Gasteiger partial charge in [-0.15, -0.1) is 0 Å². The Labute approximate surface area is 121 Å². The first-order valence-electron chi connectivity index (χ1n) is 7.68. The molecular weight excluding hydrogens is 252 g/mol. The zero-order chi connectivity index (χ0) is 14.7. The monoisotopic (exact) mass is 278 g/mol. The average molecular weight is 278 g/mol. The maximum atomic E-state index is 12.4. The third-order valence-electron chi connectivity index (χ3n) is 4.10. The van der Waals surface area contributed by atoms with Gasteiger partial charge in [0.15, 0.2) is 0 Å². The van der Waals surface area contributed by atoms with Crippen molar-refractivity contribution in [3.63, 3.8) is 0 Å². The zero-order valence-electron chi connectivity index (χ0n) is 12.9. The second-order valence-corrected chi connectivity index (χ2v) is 5.70. The van der Waals surface area contributed by atoms with Gasteiger partial charge in [-0.3, -0.25) is 9.48 Å². The molecule has 3 unspecified atom stereocenters. The molecule has 0 spiro atoms. The molecule has 0 aliphatic carbocycles. The Balaban J connectivity index is 2.06. The van der Waals surface area contributed by atoms with Crippen LogP contribution in [0.25, 0.3) is 0 Å². The van der Waals surface area contributed by atoms with E-state index in [1.165, 1.54) is 0 Å². The first kappa shape index (κ1) is 15.0. The van der Waals surface area contributed by atoms with E-state index in [2.05, 4.69) is 36.5 Å². The summed E-state index contributed by atoms with van der Waals surface area (Å²) >= 11 is 0. The summed E-state index contributed by atoms with van der Waals surface area (Å²) in [6.07, 6.45) is 2.98. The van der Waals surface area contributed by atoms with E-state index >= 15 is 0 Å². The number of carbonyl (C=O) groups excluding carboxylic acids is 1. The van der Waals surface area contributed by atoms with Gasteiger partial charge in [0, 0.05) is 24.7 Å². The molecule has 0 bridgehead atoms. The van der Waals surface area contributed by atoms with Crippen LogP contribution in [0.3, 0.4) is 0 Å². The summed E-state index contributed by atoms with van der Waals surface area (Å²) in [5, 5.41) is 11.1. The lowest BCUT2D eigenvalue weighted by atomic mass is 9.95. The van der Waals surface area contributed by atoms with E-state index in [1.54, 1.807) is 4.68 Å². The van der Waals surface area contributed by atoms with Crippen molar-refractivity contribution in [2.24, 2.45) is 0 Å². The van der Waals surface area contributed by atoms with Crippen molar-refractivity contribution in [3.05, 3.63) is 17.5 Å². The maximum Gasteiger partial charge on any atom is 0.269 e. The lowest BCUT2D eigenvalue weighted by Gasteiger charge is -2.34. The number of aromatic nitrogens is 2. The molecule has 1 fully saturated rings. The van der Waals surface area contributed by atoms with Crippen molar-refractivity contribution >= 4 is 5.91 Å². The molecule has 2 rings (SSSR count). The van der Waals surface area contributed by atoms with E-state index < -0.39 is 0 Å². The van der Waals surface area contributed by atoms with Gasteiger partial charge in [0.05, 0.1) is 5.69 Å². The van der Waals surface area contributed by atoms with Crippen LogP contribution in [-0.2, 0) is 13.0 Å². The molecule has 2 heterocycles. The molecule has 1 aromatic rings. The van der Waals surface area contributed by atoms with E-state index in [9.17, 15) is 4.79 Å². The van der Waals surface area contributed by atoms with Gasteiger partial charge < -0.3 is 10.6 Å². The molecule has 112 valence electrons. The van der Waals surface area contributed by atoms with Gasteiger partial charge in [-0.1, -0.05) is 6.92 Å². The second-order valence-electron chi connectivity index (χ2n) is 5.70. The Kier molecular flexibility index (Phi) is 4.81. The van der Waals surface area contributed by atoms with E-state index in [0.717, 1.165) is 31.5 Å². The summed E-state index contributed by atoms with van der Waals surface area (Å²) in [6, 6.07) is 2.95. The van der Waals surface area contributed by atoms with Crippen LogP contribution in [0.5, 0.6) is 0 Å². The highest BCUT2D eigenvalue weighted by molar-refractivity contribution is 5.93. The smallest absolute Gasteiger partial charge is 0.269 e. The molecule has 20 heavy (non-hydrogen) atoms. The predicted octanol–water partition coefficient (Wildman–Crippen LogP) is 1.72. The molecule has 0 radical (unpaired) electrons. The minimum absolute atomic E-state index is 0.00717. The number of amides is 1. The van der Waals surface area contributed by atoms with Gasteiger partial charge in [-0.2, -0.15) is 5.10 Å². The summed E-state index contributed by atoms with van der Waals surface area (Å²) in [4.78, 5) is 12.4. The first-order chi connectivity index (χ1) is 9.55. The van der Waals surface area contributed by atoms with Crippen LogP contribution in [0.4, 0.5) is 0 Å². The van der Waals surface area contributed by atoms with Crippen LogP contribution < -0.4 is 10.6 Å².